The van der Waals surface area contributed by atoms with Gasteiger partial charge in [0.2, 0.25) is 5.91 Å². The normalized spacial score (nSPS) is 11.7. The number of fused-ring (bicyclic) bond motifs is 1. The molecule has 5 nitrogen and oxygen atoms in total. The first-order valence-electron chi connectivity index (χ1n) is 11.9. The predicted molar refractivity (Wildman–Crippen MR) is 157 cm³/mol. The van der Waals surface area contributed by atoms with Crippen LogP contribution in [-0.4, -0.2) is 17.5 Å². The minimum Gasteiger partial charge on any atom is -0.490 e. The lowest BCUT2D eigenvalue weighted by Gasteiger charge is -2.18. The van der Waals surface area contributed by atoms with Crippen molar-refractivity contribution in [3.63, 3.8) is 0 Å². The molecular formula is C29H28BrClN2O3S. The Labute approximate surface area is 234 Å². The molecule has 1 aromatic heterocycles. The van der Waals surface area contributed by atoms with E-state index in [1.54, 1.807) is 6.08 Å². The molecule has 0 atom stereocenters. The number of rotatable bonds is 8. The zero-order valence-electron chi connectivity index (χ0n) is 21.1. The van der Waals surface area contributed by atoms with Crippen molar-refractivity contribution < 1.29 is 14.3 Å². The number of nitrogens with zero attached hydrogens (tertiary/aromatic N) is 1. The van der Waals surface area contributed by atoms with Crippen LogP contribution < -0.4 is 14.8 Å². The van der Waals surface area contributed by atoms with Crippen LogP contribution in [0.25, 0.3) is 16.3 Å². The summed E-state index contributed by atoms with van der Waals surface area (Å²) in [5, 5.41) is 4.08. The molecule has 0 bridgehead atoms. The number of hydrogen-bond acceptors (Lipinski definition) is 5. The Bertz CT molecular complexity index is 1460. The summed E-state index contributed by atoms with van der Waals surface area (Å²) in [6.07, 6.45) is 3.21. The number of amides is 1. The molecule has 1 heterocycles. The molecule has 0 fully saturated rings. The van der Waals surface area contributed by atoms with Crippen LogP contribution in [0.1, 0.15) is 44.4 Å². The van der Waals surface area contributed by atoms with Gasteiger partial charge in [-0.2, -0.15) is 0 Å². The molecule has 0 aliphatic heterocycles. The highest BCUT2D eigenvalue weighted by atomic mass is 79.9. The van der Waals surface area contributed by atoms with E-state index in [0.717, 1.165) is 21.3 Å². The third kappa shape index (κ3) is 6.92. The third-order valence-electron chi connectivity index (χ3n) is 5.57. The summed E-state index contributed by atoms with van der Waals surface area (Å²) in [5.74, 6) is 0.889. The van der Waals surface area contributed by atoms with Gasteiger partial charge in [0.25, 0.3) is 0 Å². The predicted octanol–water partition coefficient (Wildman–Crippen LogP) is 8.64. The van der Waals surface area contributed by atoms with Crippen LogP contribution in [0.4, 0.5) is 5.13 Å². The number of anilines is 1. The van der Waals surface area contributed by atoms with Crippen molar-refractivity contribution in [3.05, 3.63) is 86.9 Å². The van der Waals surface area contributed by atoms with Crippen molar-refractivity contribution in [2.24, 2.45) is 0 Å². The Kier molecular flexibility index (Phi) is 8.57. The number of ether oxygens (including phenoxy) is 2. The molecule has 8 heteroatoms. The Morgan fingerprint density at radius 1 is 1.14 bits per heavy atom. The summed E-state index contributed by atoms with van der Waals surface area (Å²) in [4.78, 5) is 17.2. The maximum atomic E-state index is 12.6. The van der Waals surface area contributed by atoms with Crippen LogP contribution in [0.5, 0.6) is 11.5 Å². The molecule has 0 unspecified atom stereocenters. The van der Waals surface area contributed by atoms with Crippen molar-refractivity contribution in [1.29, 1.82) is 0 Å². The van der Waals surface area contributed by atoms with Gasteiger partial charge in [-0.05, 0) is 75.8 Å². The van der Waals surface area contributed by atoms with Gasteiger partial charge in [-0.1, -0.05) is 68.0 Å². The summed E-state index contributed by atoms with van der Waals surface area (Å²) < 4.78 is 13.6. The summed E-state index contributed by atoms with van der Waals surface area (Å²) >= 11 is 11.3. The van der Waals surface area contributed by atoms with Crippen LogP contribution >= 0.6 is 38.9 Å². The molecule has 0 aliphatic rings. The third-order valence-corrected chi connectivity index (χ3v) is 7.46. The molecule has 0 aliphatic carbocycles. The summed E-state index contributed by atoms with van der Waals surface area (Å²) in [6, 6.07) is 17.5. The van der Waals surface area contributed by atoms with Crippen LogP contribution in [0, 0.1) is 0 Å². The molecule has 0 spiro atoms. The van der Waals surface area contributed by atoms with Gasteiger partial charge < -0.3 is 9.47 Å². The van der Waals surface area contributed by atoms with E-state index in [0.29, 0.717) is 39.3 Å². The molecule has 0 saturated heterocycles. The number of nitrogens with one attached hydrogen (secondary N) is 1. The maximum absolute atomic E-state index is 12.6. The lowest BCUT2D eigenvalue weighted by atomic mass is 9.87. The van der Waals surface area contributed by atoms with E-state index in [1.807, 2.05) is 49.4 Å². The van der Waals surface area contributed by atoms with Crippen molar-refractivity contribution in [2.45, 2.75) is 39.7 Å². The number of thiazole rings is 1. The smallest absolute Gasteiger partial charge is 0.250 e. The SMILES string of the molecule is CCOc1cc(/C=C/C(=O)Nc2nc3ccc(C(C)(C)C)cc3s2)cc(Br)c1OCc1ccccc1Cl. The first-order valence-corrected chi connectivity index (χ1v) is 13.9. The van der Waals surface area contributed by atoms with Gasteiger partial charge in [0, 0.05) is 16.7 Å². The van der Waals surface area contributed by atoms with Crippen molar-refractivity contribution in [1.82, 2.24) is 4.98 Å². The second-order valence-electron chi connectivity index (χ2n) is 9.42. The van der Waals surface area contributed by atoms with Crippen molar-refractivity contribution in [3.8, 4) is 11.5 Å². The van der Waals surface area contributed by atoms with Crippen LogP contribution in [0.2, 0.25) is 5.02 Å². The van der Waals surface area contributed by atoms with Gasteiger partial charge in [0.15, 0.2) is 16.6 Å². The average Bonchev–Trinajstić information content (AvgIpc) is 3.24. The molecule has 37 heavy (non-hydrogen) atoms. The van der Waals surface area contributed by atoms with E-state index in [4.69, 9.17) is 21.1 Å². The molecule has 1 amide bonds. The highest BCUT2D eigenvalue weighted by Gasteiger charge is 2.16. The summed E-state index contributed by atoms with van der Waals surface area (Å²) in [6.45, 7) is 9.21. The van der Waals surface area contributed by atoms with E-state index < -0.39 is 0 Å². The molecule has 0 radical (unpaired) electrons. The second-order valence-corrected chi connectivity index (χ2v) is 11.7. The zero-order chi connectivity index (χ0) is 26.6. The van der Waals surface area contributed by atoms with Crippen LogP contribution in [-0.2, 0) is 16.8 Å². The quantitative estimate of drug-likeness (QED) is 0.206. The van der Waals surface area contributed by atoms with Gasteiger partial charge in [-0.3, -0.25) is 10.1 Å². The highest BCUT2D eigenvalue weighted by Crippen LogP contribution is 2.38. The van der Waals surface area contributed by atoms with Crippen molar-refractivity contribution in [2.75, 3.05) is 11.9 Å². The largest absolute Gasteiger partial charge is 0.490 e. The molecule has 4 aromatic rings. The molecular weight excluding hydrogens is 572 g/mol. The number of benzene rings is 3. The van der Waals surface area contributed by atoms with E-state index in [9.17, 15) is 4.79 Å². The molecule has 0 saturated carbocycles. The lowest BCUT2D eigenvalue weighted by molar-refractivity contribution is -0.111. The fourth-order valence-corrected chi connectivity index (χ4v) is 5.29. The van der Waals surface area contributed by atoms with Gasteiger partial charge in [-0.25, -0.2) is 4.98 Å². The summed E-state index contributed by atoms with van der Waals surface area (Å²) in [7, 11) is 0. The topological polar surface area (TPSA) is 60.5 Å². The van der Waals surface area contributed by atoms with Crippen molar-refractivity contribution >= 4 is 66.2 Å². The van der Waals surface area contributed by atoms with E-state index >= 15 is 0 Å². The van der Waals surface area contributed by atoms with E-state index in [-0.39, 0.29) is 11.3 Å². The Hall–Kier alpha value is -2.87. The summed E-state index contributed by atoms with van der Waals surface area (Å²) in [5.41, 5.74) is 3.82. The molecule has 192 valence electrons. The fraction of sp³-hybridized carbons (Fsp3) is 0.241. The number of carbonyl (C=O) groups is 1. The number of aromatic nitrogens is 1. The highest BCUT2D eigenvalue weighted by molar-refractivity contribution is 9.10. The Morgan fingerprint density at radius 3 is 2.65 bits per heavy atom. The lowest BCUT2D eigenvalue weighted by Crippen LogP contribution is -2.10. The average molecular weight is 600 g/mol. The Balaban J connectivity index is 1.47. The standard InChI is InChI=1S/C29H28BrClN2O3S/c1-5-35-24-15-18(14-21(30)27(24)36-17-19-8-6-7-9-22(19)31)10-13-26(34)33-28-32-23-12-11-20(29(2,3)4)16-25(23)37-28/h6-16H,5,17H2,1-4H3,(H,32,33,34)/b13-10+. The van der Waals surface area contributed by atoms with Gasteiger partial charge in [-0.15, -0.1) is 0 Å². The van der Waals surface area contributed by atoms with Crippen LogP contribution in [0.15, 0.2) is 65.1 Å². The van der Waals surface area contributed by atoms with Crippen LogP contribution in [0.3, 0.4) is 0 Å². The Morgan fingerprint density at radius 2 is 1.92 bits per heavy atom. The second kappa shape index (κ2) is 11.7. The van der Waals surface area contributed by atoms with Gasteiger partial charge >= 0.3 is 0 Å². The van der Waals surface area contributed by atoms with E-state index in [1.165, 1.54) is 23.0 Å². The number of hydrogen-bond donors (Lipinski definition) is 1. The van der Waals surface area contributed by atoms with Gasteiger partial charge in [0.05, 0.1) is 21.3 Å². The minimum atomic E-state index is -0.261. The first-order chi connectivity index (χ1) is 17.6. The first kappa shape index (κ1) is 27.2. The molecule has 4 rings (SSSR count). The van der Waals surface area contributed by atoms with Gasteiger partial charge in [0.1, 0.15) is 6.61 Å². The monoisotopic (exact) mass is 598 g/mol. The number of halogens is 2. The molecule has 3 aromatic carbocycles. The maximum Gasteiger partial charge on any atom is 0.250 e. The van der Waals surface area contributed by atoms with E-state index in [2.05, 4.69) is 59.1 Å². The molecule has 1 N–H and O–H groups in total. The number of carbonyl (C=O) groups excluding carboxylic acids is 1. The minimum absolute atomic E-state index is 0.0497. The fourth-order valence-electron chi connectivity index (χ4n) is 3.62. The zero-order valence-corrected chi connectivity index (χ0v) is 24.3.